The third kappa shape index (κ3) is 7.60. The average molecular weight is 609 g/mol. The van der Waals surface area contributed by atoms with E-state index in [0.29, 0.717) is 0 Å². The highest BCUT2D eigenvalue weighted by molar-refractivity contribution is 5.99. The lowest BCUT2D eigenvalue weighted by atomic mass is 9.91. The number of rotatable bonds is 9. The number of pyridine rings is 1. The van der Waals surface area contributed by atoms with Gasteiger partial charge in [-0.3, -0.25) is 14.4 Å². The summed E-state index contributed by atoms with van der Waals surface area (Å²) in [6, 6.07) is 11.7. The van der Waals surface area contributed by atoms with Crippen molar-refractivity contribution in [2.75, 3.05) is 13.7 Å². The number of carbonyl (C=O) groups is 5. The van der Waals surface area contributed by atoms with Crippen molar-refractivity contribution in [1.29, 1.82) is 0 Å². The van der Waals surface area contributed by atoms with Crippen LogP contribution in [0.15, 0.2) is 65.4 Å². The zero-order valence-corrected chi connectivity index (χ0v) is 24.5. The molecule has 1 amide bonds. The van der Waals surface area contributed by atoms with Crippen LogP contribution in [0.4, 0.5) is 0 Å². The fourth-order valence-electron chi connectivity index (χ4n) is 4.37. The second kappa shape index (κ2) is 14.3. The number of hydrogen-bond donors (Lipinski definition) is 1. The van der Waals surface area contributed by atoms with Gasteiger partial charge in [0.15, 0.2) is 23.6 Å². The van der Waals surface area contributed by atoms with Crippen LogP contribution in [0.5, 0.6) is 11.5 Å². The maximum atomic E-state index is 13.4. The molecule has 4 atom stereocenters. The summed E-state index contributed by atoms with van der Waals surface area (Å²) in [6.07, 6.45) is 0.373. The van der Waals surface area contributed by atoms with E-state index < -0.39 is 72.2 Å². The highest BCUT2D eigenvalue weighted by Gasteiger charge is 2.42. The average Bonchev–Trinajstić information content (AvgIpc) is 3.56. The second-order valence-corrected chi connectivity index (χ2v) is 10.2. The predicted molar refractivity (Wildman–Crippen MR) is 151 cm³/mol. The molecule has 4 rings (SSSR count). The predicted octanol–water partition coefficient (Wildman–Crippen LogP) is 2.92. The van der Waals surface area contributed by atoms with Gasteiger partial charge in [-0.15, -0.1) is 0 Å². The molecule has 1 aliphatic heterocycles. The van der Waals surface area contributed by atoms with Gasteiger partial charge >= 0.3 is 23.9 Å². The molecule has 3 heterocycles. The largest absolute Gasteiger partial charge is 0.493 e. The van der Waals surface area contributed by atoms with Gasteiger partial charge < -0.3 is 33.4 Å². The van der Waals surface area contributed by atoms with E-state index in [9.17, 15) is 24.0 Å². The van der Waals surface area contributed by atoms with Gasteiger partial charge in [-0.1, -0.05) is 44.2 Å². The monoisotopic (exact) mass is 608 g/mol. The SMILES string of the molecule is COc1ccnc(C(=O)NC2COC(=O)C(Cc3ccccc3)C(OC(=O)C(C)C)C(C)OC2=O)c1OC(=O)c1ccco1. The number of ether oxygens (including phenoxy) is 5. The number of amides is 1. The van der Waals surface area contributed by atoms with Crippen LogP contribution in [0, 0.1) is 11.8 Å². The van der Waals surface area contributed by atoms with Crippen molar-refractivity contribution in [2.24, 2.45) is 11.8 Å². The van der Waals surface area contributed by atoms with E-state index in [0.717, 1.165) is 5.56 Å². The lowest BCUT2D eigenvalue weighted by Gasteiger charge is -2.29. The van der Waals surface area contributed by atoms with E-state index in [1.807, 2.05) is 6.07 Å². The molecule has 0 saturated carbocycles. The summed E-state index contributed by atoms with van der Waals surface area (Å²) < 4.78 is 32.4. The van der Waals surface area contributed by atoms with E-state index >= 15 is 0 Å². The third-order valence-electron chi connectivity index (χ3n) is 6.69. The van der Waals surface area contributed by atoms with Crippen LogP contribution in [0.2, 0.25) is 0 Å². The molecule has 13 nitrogen and oxygen atoms in total. The zero-order chi connectivity index (χ0) is 31.8. The van der Waals surface area contributed by atoms with Gasteiger partial charge in [0.1, 0.15) is 18.6 Å². The maximum Gasteiger partial charge on any atom is 0.379 e. The van der Waals surface area contributed by atoms with Gasteiger partial charge in [0.2, 0.25) is 11.5 Å². The van der Waals surface area contributed by atoms with Crippen LogP contribution in [0.25, 0.3) is 0 Å². The molecule has 3 aromatic rings. The Morgan fingerprint density at radius 2 is 1.80 bits per heavy atom. The minimum absolute atomic E-state index is 0.000660. The molecule has 0 radical (unpaired) electrons. The van der Waals surface area contributed by atoms with Gasteiger partial charge in [0, 0.05) is 12.3 Å². The molecule has 0 spiro atoms. The van der Waals surface area contributed by atoms with E-state index in [-0.39, 0.29) is 23.7 Å². The van der Waals surface area contributed by atoms with Crippen molar-refractivity contribution in [1.82, 2.24) is 10.3 Å². The quantitative estimate of drug-likeness (QED) is 0.279. The Kier molecular flexibility index (Phi) is 10.3. The fourth-order valence-corrected chi connectivity index (χ4v) is 4.37. The first kappa shape index (κ1) is 31.7. The number of hydrogen-bond acceptors (Lipinski definition) is 12. The molecule has 13 heteroatoms. The van der Waals surface area contributed by atoms with Crippen LogP contribution in [0.1, 0.15) is 47.4 Å². The highest BCUT2D eigenvalue weighted by Crippen LogP contribution is 2.31. The first-order valence-electron chi connectivity index (χ1n) is 13.8. The van der Waals surface area contributed by atoms with E-state index in [4.69, 9.17) is 28.1 Å². The smallest absolute Gasteiger partial charge is 0.379 e. The Labute approximate surface area is 252 Å². The van der Waals surface area contributed by atoms with Crippen molar-refractivity contribution >= 4 is 29.8 Å². The molecule has 1 saturated heterocycles. The van der Waals surface area contributed by atoms with E-state index in [2.05, 4.69) is 10.3 Å². The minimum atomic E-state index is -1.49. The Hall–Kier alpha value is -5.20. The number of aromatic nitrogens is 1. The summed E-state index contributed by atoms with van der Waals surface area (Å²) in [5.74, 6) is -6.20. The van der Waals surface area contributed by atoms with Crippen molar-refractivity contribution < 1.29 is 52.1 Å². The van der Waals surface area contributed by atoms with Crippen LogP contribution < -0.4 is 14.8 Å². The minimum Gasteiger partial charge on any atom is -0.493 e. The Morgan fingerprint density at radius 1 is 1.05 bits per heavy atom. The molecule has 1 N–H and O–H groups in total. The Bertz CT molecular complexity index is 1490. The van der Waals surface area contributed by atoms with Crippen molar-refractivity contribution in [2.45, 2.75) is 45.4 Å². The second-order valence-electron chi connectivity index (χ2n) is 10.2. The normalized spacial score (nSPS) is 20.3. The van der Waals surface area contributed by atoms with Crippen LogP contribution in [-0.2, 0) is 35.0 Å². The van der Waals surface area contributed by atoms with Crippen LogP contribution in [-0.4, -0.2) is 66.7 Å². The number of esters is 4. The first-order chi connectivity index (χ1) is 21.1. The van der Waals surface area contributed by atoms with E-state index in [1.165, 1.54) is 44.7 Å². The molecular formula is C31H32N2O11. The van der Waals surface area contributed by atoms with E-state index in [1.54, 1.807) is 38.1 Å². The summed E-state index contributed by atoms with van der Waals surface area (Å²) in [6.45, 7) is 4.16. The summed E-state index contributed by atoms with van der Waals surface area (Å²) in [5, 5.41) is 2.43. The van der Waals surface area contributed by atoms with Crippen LogP contribution >= 0.6 is 0 Å². The Morgan fingerprint density at radius 3 is 2.45 bits per heavy atom. The number of benzene rings is 1. The topological polar surface area (TPSA) is 170 Å². The number of methoxy groups -OCH3 is 1. The van der Waals surface area contributed by atoms with Gasteiger partial charge in [-0.05, 0) is 31.0 Å². The molecule has 1 fully saturated rings. The third-order valence-corrected chi connectivity index (χ3v) is 6.69. The molecule has 4 unspecified atom stereocenters. The van der Waals surface area contributed by atoms with Crippen molar-refractivity contribution in [3.63, 3.8) is 0 Å². The highest BCUT2D eigenvalue weighted by atomic mass is 16.6. The van der Waals surface area contributed by atoms with Crippen molar-refractivity contribution in [3.8, 4) is 11.5 Å². The summed E-state index contributed by atoms with van der Waals surface area (Å²) in [5.41, 5.74) is 0.366. The molecule has 44 heavy (non-hydrogen) atoms. The molecule has 1 aliphatic rings. The fraction of sp³-hybridized carbons (Fsp3) is 0.355. The Balaban J connectivity index is 1.59. The summed E-state index contributed by atoms with van der Waals surface area (Å²) in [7, 11) is 1.30. The summed E-state index contributed by atoms with van der Waals surface area (Å²) >= 11 is 0. The number of nitrogens with zero attached hydrogens (tertiary/aromatic N) is 1. The van der Waals surface area contributed by atoms with Gasteiger partial charge in [-0.25, -0.2) is 14.6 Å². The summed E-state index contributed by atoms with van der Waals surface area (Å²) in [4.78, 5) is 69.2. The number of carbonyl (C=O) groups excluding carboxylic acids is 5. The number of cyclic esters (lactones) is 2. The molecule has 0 bridgehead atoms. The first-order valence-corrected chi connectivity index (χ1v) is 13.8. The standard InChI is InChI=1S/C31H32N2O11/c1-17(2)28(35)43-25-18(3)42-30(37)21(16-41-29(36)20(25)15-19-9-6-5-7-10-19)33-27(34)24-26(22(39-4)12-13-32-24)44-31(38)23-11-8-14-40-23/h5-14,17-18,20-21,25H,15-16H2,1-4H3,(H,33,34). The zero-order valence-electron chi connectivity index (χ0n) is 24.5. The van der Waals surface area contributed by atoms with Crippen LogP contribution in [0.3, 0.4) is 0 Å². The lowest BCUT2D eigenvalue weighted by Crippen LogP contribution is -2.47. The molecule has 1 aromatic carbocycles. The lowest BCUT2D eigenvalue weighted by molar-refractivity contribution is -0.176. The van der Waals surface area contributed by atoms with Gasteiger partial charge in [0.05, 0.1) is 19.3 Å². The molecule has 0 aliphatic carbocycles. The van der Waals surface area contributed by atoms with Gasteiger partial charge in [0.25, 0.3) is 5.91 Å². The molecule has 232 valence electrons. The maximum absolute atomic E-state index is 13.4. The van der Waals surface area contributed by atoms with Crippen molar-refractivity contribution in [3.05, 3.63) is 78.0 Å². The number of nitrogens with one attached hydrogen (secondary N) is 1. The number of furan rings is 1. The molecule has 2 aromatic heterocycles. The molecular weight excluding hydrogens is 576 g/mol. The van der Waals surface area contributed by atoms with Gasteiger partial charge in [-0.2, -0.15) is 0 Å².